The van der Waals surface area contributed by atoms with Gasteiger partial charge >= 0.3 is 0 Å². The minimum atomic E-state index is 0.0881. The van der Waals surface area contributed by atoms with E-state index < -0.39 is 0 Å². The summed E-state index contributed by atoms with van der Waals surface area (Å²) < 4.78 is 0. The van der Waals surface area contributed by atoms with E-state index in [2.05, 4.69) is 32.8 Å². The van der Waals surface area contributed by atoms with Crippen LogP contribution < -0.4 is 16.0 Å². The standard InChI is InChI=1S/C13H25N7/c1-3-4-5-6-7-16-12(14)20-13(15)18-9-11-17-8-10(2)19-11/h8H,3-7,9H2,1-2H3,(H,17,19)(H5,14,15,16,18,20). The number of aromatic nitrogens is 2. The number of nitrogens with one attached hydrogen (secondary N) is 6. The van der Waals surface area contributed by atoms with Gasteiger partial charge in [0, 0.05) is 12.7 Å². The molecule has 0 amide bonds. The highest BCUT2D eigenvalue weighted by molar-refractivity contribution is 5.95. The Bertz CT molecular complexity index is 424. The summed E-state index contributed by atoms with van der Waals surface area (Å²) in [5.74, 6) is 1.01. The highest BCUT2D eigenvalue weighted by Crippen LogP contribution is 1.96. The van der Waals surface area contributed by atoms with Crippen molar-refractivity contribution < 1.29 is 0 Å². The van der Waals surface area contributed by atoms with Crippen molar-refractivity contribution in [2.75, 3.05) is 6.54 Å². The lowest BCUT2D eigenvalue weighted by Crippen LogP contribution is -2.45. The number of H-pyrrole nitrogens is 1. The molecule has 112 valence electrons. The van der Waals surface area contributed by atoms with Crippen LogP contribution in [0.4, 0.5) is 0 Å². The number of unbranched alkanes of at least 4 members (excludes halogenated alkanes) is 3. The molecule has 0 aliphatic heterocycles. The molecule has 6 N–H and O–H groups in total. The van der Waals surface area contributed by atoms with Gasteiger partial charge in [-0.3, -0.25) is 16.1 Å². The Morgan fingerprint density at radius 1 is 1.20 bits per heavy atom. The number of hydrogen-bond donors (Lipinski definition) is 6. The van der Waals surface area contributed by atoms with Crippen molar-refractivity contribution in [1.82, 2.24) is 25.9 Å². The molecule has 1 aromatic heterocycles. The van der Waals surface area contributed by atoms with Gasteiger partial charge < -0.3 is 15.6 Å². The largest absolute Gasteiger partial charge is 0.356 e. The van der Waals surface area contributed by atoms with Gasteiger partial charge in [0.05, 0.1) is 12.2 Å². The van der Waals surface area contributed by atoms with Crippen molar-refractivity contribution in [2.45, 2.75) is 46.1 Å². The summed E-state index contributed by atoms with van der Waals surface area (Å²) in [7, 11) is 0. The van der Waals surface area contributed by atoms with Gasteiger partial charge in [-0.25, -0.2) is 4.98 Å². The number of rotatable bonds is 7. The first-order valence-electron chi connectivity index (χ1n) is 7.04. The van der Waals surface area contributed by atoms with Crippen LogP contribution in [0.3, 0.4) is 0 Å². The van der Waals surface area contributed by atoms with Gasteiger partial charge in [-0.2, -0.15) is 0 Å². The van der Waals surface area contributed by atoms with E-state index in [0.717, 1.165) is 24.5 Å². The Balaban J connectivity index is 2.10. The van der Waals surface area contributed by atoms with Crippen LogP contribution in [0.1, 0.15) is 44.1 Å². The third-order valence-electron chi connectivity index (χ3n) is 2.77. The van der Waals surface area contributed by atoms with Crippen molar-refractivity contribution in [3.63, 3.8) is 0 Å². The topological polar surface area (TPSA) is 112 Å². The van der Waals surface area contributed by atoms with Gasteiger partial charge in [-0.15, -0.1) is 0 Å². The highest BCUT2D eigenvalue weighted by Gasteiger charge is 2.02. The smallest absolute Gasteiger partial charge is 0.195 e. The highest BCUT2D eigenvalue weighted by atomic mass is 15.2. The molecule has 1 heterocycles. The van der Waals surface area contributed by atoms with Crippen LogP contribution in [0.25, 0.3) is 0 Å². The first-order valence-corrected chi connectivity index (χ1v) is 7.04. The van der Waals surface area contributed by atoms with Crippen molar-refractivity contribution >= 4 is 11.9 Å². The maximum Gasteiger partial charge on any atom is 0.195 e. The van der Waals surface area contributed by atoms with Crippen LogP contribution in [-0.4, -0.2) is 28.4 Å². The molecule has 0 fully saturated rings. The quantitative estimate of drug-likeness (QED) is 0.257. The number of guanidine groups is 2. The summed E-state index contributed by atoms with van der Waals surface area (Å²) >= 11 is 0. The number of imidazole rings is 1. The second-order valence-electron chi connectivity index (χ2n) is 4.70. The summed E-state index contributed by atoms with van der Waals surface area (Å²) in [4.78, 5) is 7.23. The van der Waals surface area contributed by atoms with Gasteiger partial charge in [-0.05, 0) is 13.3 Å². The summed E-state index contributed by atoms with van der Waals surface area (Å²) in [6, 6.07) is 0. The van der Waals surface area contributed by atoms with Gasteiger partial charge in [0.15, 0.2) is 11.9 Å². The molecular weight excluding hydrogens is 254 g/mol. The molecule has 0 bridgehead atoms. The fourth-order valence-corrected chi connectivity index (χ4v) is 1.71. The molecule has 0 spiro atoms. The molecule has 0 aliphatic rings. The van der Waals surface area contributed by atoms with Gasteiger partial charge in [0.2, 0.25) is 0 Å². The predicted molar refractivity (Wildman–Crippen MR) is 80.9 cm³/mol. The Morgan fingerprint density at radius 2 is 1.95 bits per heavy atom. The SMILES string of the molecule is CCCCCCNC(=N)NC(=N)NCc1nc(C)c[nH]1. The van der Waals surface area contributed by atoms with E-state index in [1.807, 2.05) is 13.1 Å². The van der Waals surface area contributed by atoms with Crippen molar-refractivity contribution in [3.05, 3.63) is 17.7 Å². The Hall–Kier alpha value is -2.05. The number of nitrogens with zero attached hydrogens (tertiary/aromatic N) is 1. The summed E-state index contributed by atoms with van der Waals surface area (Å²) in [6.07, 6.45) is 6.46. The molecule has 7 heteroatoms. The lowest BCUT2D eigenvalue weighted by Gasteiger charge is -2.11. The lowest BCUT2D eigenvalue weighted by molar-refractivity contribution is 0.650. The molecule has 1 rings (SSSR count). The minimum Gasteiger partial charge on any atom is -0.356 e. The molecule has 1 aromatic rings. The van der Waals surface area contributed by atoms with E-state index in [1.54, 1.807) is 0 Å². The molecule has 0 aromatic carbocycles. The van der Waals surface area contributed by atoms with Gasteiger partial charge in [0.1, 0.15) is 5.82 Å². The van der Waals surface area contributed by atoms with E-state index in [0.29, 0.717) is 6.54 Å². The van der Waals surface area contributed by atoms with Crippen LogP contribution in [0, 0.1) is 17.7 Å². The molecule has 20 heavy (non-hydrogen) atoms. The number of aryl methyl sites for hydroxylation is 1. The van der Waals surface area contributed by atoms with Crippen LogP contribution in [0.2, 0.25) is 0 Å². The number of aromatic amines is 1. The van der Waals surface area contributed by atoms with Crippen molar-refractivity contribution in [3.8, 4) is 0 Å². The van der Waals surface area contributed by atoms with E-state index in [9.17, 15) is 0 Å². The number of hydrogen-bond acceptors (Lipinski definition) is 3. The molecule has 0 saturated heterocycles. The molecule has 7 nitrogen and oxygen atoms in total. The van der Waals surface area contributed by atoms with Gasteiger partial charge in [-0.1, -0.05) is 26.2 Å². The second-order valence-corrected chi connectivity index (χ2v) is 4.70. The molecular formula is C13H25N7. The minimum absolute atomic E-state index is 0.0881. The average molecular weight is 279 g/mol. The monoisotopic (exact) mass is 279 g/mol. The second kappa shape index (κ2) is 8.95. The van der Waals surface area contributed by atoms with Gasteiger partial charge in [0.25, 0.3) is 0 Å². The zero-order valence-corrected chi connectivity index (χ0v) is 12.3. The lowest BCUT2D eigenvalue weighted by atomic mass is 10.2. The molecule has 0 radical (unpaired) electrons. The van der Waals surface area contributed by atoms with Crippen LogP contribution in [0.15, 0.2) is 6.20 Å². The Kier molecular flexibility index (Phi) is 7.16. The van der Waals surface area contributed by atoms with Crippen molar-refractivity contribution in [2.24, 2.45) is 0 Å². The Morgan fingerprint density at radius 3 is 2.60 bits per heavy atom. The summed E-state index contributed by atoms with van der Waals surface area (Å²) in [6.45, 7) is 5.27. The molecule has 0 aliphatic carbocycles. The van der Waals surface area contributed by atoms with Crippen LogP contribution in [0.5, 0.6) is 0 Å². The maximum atomic E-state index is 7.68. The zero-order valence-electron chi connectivity index (χ0n) is 12.3. The van der Waals surface area contributed by atoms with Crippen LogP contribution >= 0.6 is 0 Å². The average Bonchev–Trinajstić information content (AvgIpc) is 2.82. The summed E-state index contributed by atoms with van der Waals surface area (Å²) in [5.41, 5.74) is 0.919. The third kappa shape index (κ3) is 6.77. The molecule has 0 unspecified atom stereocenters. The normalized spacial score (nSPS) is 10.1. The third-order valence-corrected chi connectivity index (χ3v) is 2.77. The first kappa shape index (κ1) is 16.0. The Labute approximate surface area is 120 Å². The maximum absolute atomic E-state index is 7.68. The van der Waals surface area contributed by atoms with E-state index in [1.165, 1.54) is 19.3 Å². The van der Waals surface area contributed by atoms with E-state index in [4.69, 9.17) is 10.8 Å². The first-order chi connectivity index (χ1) is 9.61. The van der Waals surface area contributed by atoms with Crippen LogP contribution in [-0.2, 0) is 6.54 Å². The summed E-state index contributed by atoms with van der Waals surface area (Å²) in [5, 5.41) is 23.8. The molecule has 0 saturated carbocycles. The fourth-order valence-electron chi connectivity index (χ4n) is 1.71. The van der Waals surface area contributed by atoms with E-state index in [-0.39, 0.29) is 11.9 Å². The predicted octanol–water partition coefficient (Wildman–Crippen LogP) is 1.44. The molecule has 0 atom stereocenters. The fraction of sp³-hybridized carbons (Fsp3) is 0.615. The van der Waals surface area contributed by atoms with E-state index >= 15 is 0 Å². The van der Waals surface area contributed by atoms with Crippen molar-refractivity contribution in [1.29, 1.82) is 10.8 Å². The zero-order chi connectivity index (χ0) is 14.8.